The standard InChI is InChI=1S/C17H16ClFN2O2S/c1-21(17(23)12-8-7-11(18)9-13(12)19)10-16(22)20-14-5-3-4-6-15(14)24-2/h3-9H,10H2,1-2H3,(H,20,22). The zero-order valence-electron chi connectivity index (χ0n) is 13.2. The Hall–Kier alpha value is -2.05. The lowest BCUT2D eigenvalue weighted by Gasteiger charge is -2.18. The number of hydrogen-bond acceptors (Lipinski definition) is 3. The lowest BCUT2D eigenvalue weighted by atomic mass is 10.2. The van der Waals surface area contributed by atoms with E-state index in [9.17, 15) is 14.0 Å². The molecule has 0 spiro atoms. The molecule has 0 saturated heterocycles. The third-order valence-electron chi connectivity index (χ3n) is 3.27. The second kappa shape index (κ2) is 8.17. The Bertz CT molecular complexity index is 770. The normalized spacial score (nSPS) is 10.3. The van der Waals surface area contributed by atoms with Crippen LogP contribution in [0.25, 0.3) is 0 Å². The van der Waals surface area contributed by atoms with Gasteiger partial charge < -0.3 is 10.2 Å². The van der Waals surface area contributed by atoms with E-state index < -0.39 is 11.7 Å². The highest BCUT2D eigenvalue weighted by Gasteiger charge is 2.19. The van der Waals surface area contributed by atoms with Crippen molar-refractivity contribution in [2.24, 2.45) is 0 Å². The summed E-state index contributed by atoms with van der Waals surface area (Å²) in [4.78, 5) is 26.5. The molecule has 0 aliphatic rings. The minimum atomic E-state index is -0.715. The lowest BCUT2D eigenvalue weighted by molar-refractivity contribution is -0.116. The Labute approximate surface area is 149 Å². The molecule has 0 aromatic heterocycles. The second-order valence-electron chi connectivity index (χ2n) is 5.03. The largest absolute Gasteiger partial charge is 0.332 e. The van der Waals surface area contributed by atoms with Crippen LogP contribution >= 0.6 is 23.4 Å². The molecule has 7 heteroatoms. The van der Waals surface area contributed by atoms with Gasteiger partial charge in [0.25, 0.3) is 5.91 Å². The molecule has 0 unspecified atom stereocenters. The summed E-state index contributed by atoms with van der Waals surface area (Å²) >= 11 is 7.18. The van der Waals surface area contributed by atoms with Crippen molar-refractivity contribution in [3.8, 4) is 0 Å². The van der Waals surface area contributed by atoms with Crippen LogP contribution in [-0.2, 0) is 4.79 Å². The third kappa shape index (κ3) is 4.49. The number of anilines is 1. The molecule has 0 fully saturated rings. The van der Waals surface area contributed by atoms with Crippen molar-refractivity contribution in [3.63, 3.8) is 0 Å². The molecule has 2 aromatic carbocycles. The van der Waals surface area contributed by atoms with Crippen LogP contribution in [0, 0.1) is 5.82 Å². The van der Waals surface area contributed by atoms with Crippen LogP contribution in [0.15, 0.2) is 47.4 Å². The summed E-state index contributed by atoms with van der Waals surface area (Å²) in [6, 6.07) is 11.2. The molecule has 0 bridgehead atoms. The van der Waals surface area contributed by atoms with Crippen molar-refractivity contribution in [2.45, 2.75) is 4.90 Å². The number of hydrogen-bond donors (Lipinski definition) is 1. The fourth-order valence-electron chi connectivity index (χ4n) is 2.09. The van der Waals surface area contributed by atoms with E-state index >= 15 is 0 Å². The molecule has 1 N–H and O–H groups in total. The molecule has 2 amide bonds. The SMILES string of the molecule is CSc1ccccc1NC(=O)CN(C)C(=O)c1ccc(Cl)cc1F. The van der Waals surface area contributed by atoms with Gasteiger partial charge in [0.2, 0.25) is 5.91 Å². The van der Waals surface area contributed by atoms with E-state index in [0.717, 1.165) is 15.9 Å². The summed E-state index contributed by atoms with van der Waals surface area (Å²) in [5, 5.41) is 2.96. The van der Waals surface area contributed by atoms with Crippen LogP contribution in [0.3, 0.4) is 0 Å². The quantitative estimate of drug-likeness (QED) is 0.816. The molecule has 24 heavy (non-hydrogen) atoms. The Kier molecular flexibility index (Phi) is 6.23. The number of rotatable bonds is 5. The first-order chi connectivity index (χ1) is 11.4. The van der Waals surface area contributed by atoms with Gasteiger partial charge in [-0.05, 0) is 36.6 Å². The molecule has 0 radical (unpaired) electrons. The average molecular weight is 367 g/mol. The van der Waals surface area contributed by atoms with Crippen molar-refractivity contribution in [1.29, 1.82) is 0 Å². The monoisotopic (exact) mass is 366 g/mol. The number of carbonyl (C=O) groups is 2. The fourth-order valence-corrected chi connectivity index (χ4v) is 2.81. The Morgan fingerprint density at radius 3 is 2.62 bits per heavy atom. The summed E-state index contributed by atoms with van der Waals surface area (Å²) in [6.45, 7) is -0.191. The molecule has 0 heterocycles. The lowest BCUT2D eigenvalue weighted by Crippen LogP contribution is -2.35. The molecular weight excluding hydrogens is 351 g/mol. The maximum atomic E-state index is 13.8. The second-order valence-corrected chi connectivity index (χ2v) is 6.32. The highest BCUT2D eigenvalue weighted by atomic mass is 35.5. The van der Waals surface area contributed by atoms with Gasteiger partial charge in [-0.15, -0.1) is 11.8 Å². The first kappa shape index (κ1) is 18.3. The first-order valence-electron chi connectivity index (χ1n) is 7.05. The molecular formula is C17H16ClFN2O2S. The molecule has 126 valence electrons. The molecule has 2 rings (SSSR count). The molecule has 0 atom stereocenters. The zero-order valence-corrected chi connectivity index (χ0v) is 14.7. The van der Waals surface area contributed by atoms with E-state index in [2.05, 4.69) is 5.32 Å². The summed E-state index contributed by atoms with van der Waals surface area (Å²) in [7, 11) is 1.44. The molecule has 2 aromatic rings. The van der Waals surface area contributed by atoms with E-state index in [4.69, 9.17) is 11.6 Å². The van der Waals surface area contributed by atoms with Crippen LogP contribution in [0.1, 0.15) is 10.4 Å². The predicted octanol–water partition coefficient (Wildman–Crippen LogP) is 3.91. The molecule has 0 saturated carbocycles. The first-order valence-corrected chi connectivity index (χ1v) is 8.66. The summed E-state index contributed by atoms with van der Waals surface area (Å²) in [6.07, 6.45) is 1.91. The number of carbonyl (C=O) groups excluding carboxylic acids is 2. The van der Waals surface area contributed by atoms with Crippen molar-refractivity contribution >= 4 is 40.9 Å². The molecule has 0 aliphatic heterocycles. The minimum absolute atomic E-state index is 0.126. The number of benzene rings is 2. The zero-order chi connectivity index (χ0) is 17.7. The number of thioether (sulfide) groups is 1. The van der Waals surface area contributed by atoms with Crippen molar-refractivity contribution < 1.29 is 14.0 Å². The van der Waals surface area contributed by atoms with Gasteiger partial charge in [0.15, 0.2) is 0 Å². The van der Waals surface area contributed by atoms with Gasteiger partial charge in [0, 0.05) is 17.0 Å². The number of likely N-dealkylation sites (N-methyl/N-ethyl adjacent to an activating group) is 1. The minimum Gasteiger partial charge on any atom is -0.332 e. The summed E-state index contributed by atoms with van der Waals surface area (Å²) < 4.78 is 13.8. The van der Waals surface area contributed by atoms with Gasteiger partial charge in [0.1, 0.15) is 5.82 Å². The van der Waals surface area contributed by atoms with Crippen LogP contribution in [0.2, 0.25) is 5.02 Å². The molecule has 0 aliphatic carbocycles. The summed E-state index contributed by atoms with van der Waals surface area (Å²) in [5.41, 5.74) is 0.549. The van der Waals surface area contributed by atoms with E-state index in [1.165, 1.54) is 30.9 Å². The van der Waals surface area contributed by atoms with Gasteiger partial charge in [-0.2, -0.15) is 0 Å². The maximum absolute atomic E-state index is 13.8. The topological polar surface area (TPSA) is 49.4 Å². The number of halogens is 2. The van der Waals surface area contributed by atoms with Crippen molar-refractivity contribution in [3.05, 3.63) is 58.9 Å². The summed E-state index contributed by atoms with van der Waals surface area (Å²) in [5.74, 6) is -1.66. The number of nitrogens with one attached hydrogen (secondary N) is 1. The third-order valence-corrected chi connectivity index (χ3v) is 4.30. The van der Waals surface area contributed by atoms with Crippen molar-refractivity contribution in [2.75, 3.05) is 25.2 Å². The fraction of sp³-hybridized carbons (Fsp3) is 0.176. The van der Waals surface area contributed by atoms with E-state index in [1.807, 2.05) is 24.5 Å². The van der Waals surface area contributed by atoms with E-state index in [-0.39, 0.29) is 23.0 Å². The van der Waals surface area contributed by atoms with Gasteiger partial charge in [-0.25, -0.2) is 4.39 Å². The van der Waals surface area contributed by atoms with Gasteiger partial charge in [-0.3, -0.25) is 9.59 Å². The number of amides is 2. The Morgan fingerprint density at radius 2 is 1.96 bits per heavy atom. The predicted molar refractivity (Wildman–Crippen MR) is 95.2 cm³/mol. The number of para-hydroxylation sites is 1. The smallest absolute Gasteiger partial charge is 0.257 e. The van der Waals surface area contributed by atoms with Crippen LogP contribution in [-0.4, -0.2) is 36.6 Å². The Balaban J connectivity index is 2.04. The van der Waals surface area contributed by atoms with Crippen LogP contribution in [0.5, 0.6) is 0 Å². The molecule has 4 nitrogen and oxygen atoms in total. The van der Waals surface area contributed by atoms with Gasteiger partial charge in [-0.1, -0.05) is 23.7 Å². The van der Waals surface area contributed by atoms with E-state index in [0.29, 0.717) is 5.69 Å². The Morgan fingerprint density at radius 1 is 1.25 bits per heavy atom. The van der Waals surface area contributed by atoms with Crippen LogP contribution in [0.4, 0.5) is 10.1 Å². The van der Waals surface area contributed by atoms with Crippen LogP contribution < -0.4 is 5.32 Å². The van der Waals surface area contributed by atoms with Crippen molar-refractivity contribution in [1.82, 2.24) is 4.90 Å². The van der Waals surface area contributed by atoms with Gasteiger partial charge >= 0.3 is 0 Å². The van der Waals surface area contributed by atoms with Gasteiger partial charge in [0.05, 0.1) is 17.8 Å². The maximum Gasteiger partial charge on any atom is 0.257 e. The highest BCUT2D eigenvalue weighted by molar-refractivity contribution is 7.98. The average Bonchev–Trinajstić information content (AvgIpc) is 2.54. The number of nitrogens with zero attached hydrogens (tertiary/aromatic N) is 1. The highest BCUT2D eigenvalue weighted by Crippen LogP contribution is 2.24. The van der Waals surface area contributed by atoms with E-state index in [1.54, 1.807) is 6.07 Å².